The number of hydrogen-bond donors (Lipinski definition) is 2. The molecule has 0 bridgehead atoms. The number of aliphatic hydroxyl groups is 1. The summed E-state index contributed by atoms with van der Waals surface area (Å²) >= 11 is 0. The van der Waals surface area contributed by atoms with Crippen molar-refractivity contribution in [2.24, 2.45) is 11.8 Å². The Bertz CT molecular complexity index is 504. The van der Waals surface area contributed by atoms with E-state index in [4.69, 9.17) is 5.11 Å². The van der Waals surface area contributed by atoms with Crippen molar-refractivity contribution in [1.29, 1.82) is 0 Å². The predicted molar refractivity (Wildman–Crippen MR) is 105 cm³/mol. The maximum Gasteiger partial charge on any atom is 0.303 e. The van der Waals surface area contributed by atoms with Crippen LogP contribution in [0.4, 0.5) is 0 Å². The van der Waals surface area contributed by atoms with E-state index in [0.29, 0.717) is 6.42 Å². The van der Waals surface area contributed by atoms with E-state index in [2.05, 4.69) is 19.1 Å². The highest BCUT2D eigenvalue weighted by molar-refractivity contribution is 5.95. The Morgan fingerprint density at radius 1 is 1.19 bits per heavy atom. The molecule has 0 saturated heterocycles. The van der Waals surface area contributed by atoms with E-state index in [-0.39, 0.29) is 24.0 Å². The molecule has 3 atom stereocenters. The second-order valence-corrected chi connectivity index (χ2v) is 7.09. The monoisotopic (exact) mass is 362 g/mol. The number of carboxylic acid groups (broad SMARTS) is 1. The van der Waals surface area contributed by atoms with Crippen LogP contribution < -0.4 is 0 Å². The molecule has 1 aliphatic rings. The van der Waals surface area contributed by atoms with Crippen LogP contribution in [0.5, 0.6) is 0 Å². The first kappa shape index (κ1) is 22.4. The third-order valence-corrected chi connectivity index (χ3v) is 4.79. The topological polar surface area (TPSA) is 74.6 Å². The van der Waals surface area contributed by atoms with Gasteiger partial charge in [-0.15, -0.1) is 0 Å². The first-order chi connectivity index (χ1) is 12.5. The Labute approximate surface area is 157 Å². The van der Waals surface area contributed by atoms with Gasteiger partial charge in [-0.3, -0.25) is 9.59 Å². The number of allylic oxidation sites excluding steroid dienone is 5. The number of carbonyl (C=O) groups is 2. The summed E-state index contributed by atoms with van der Waals surface area (Å²) in [4.78, 5) is 22.5. The van der Waals surface area contributed by atoms with Crippen molar-refractivity contribution in [3.63, 3.8) is 0 Å². The van der Waals surface area contributed by atoms with Crippen molar-refractivity contribution in [1.82, 2.24) is 0 Å². The fourth-order valence-corrected chi connectivity index (χ4v) is 3.16. The minimum absolute atomic E-state index is 0.0580. The van der Waals surface area contributed by atoms with E-state index >= 15 is 0 Å². The number of hydrogen-bond acceptors (Lipinski definition) is 3. The number of unbranched alkanes of at least 4 members (excludes halogenated alkanes) is 5. The third-order valence-electron chi connectivity index (χ3n) is 4.79. The van der Waals surface area contributed by atoms with Gasteiger partial charge in [-0.1, -0.05) is 63.0 Å². The molecule has 0 spiro atoms. The average molecular weight is 363 g/mol. The molecule has 0 aliphatic heterocycles. The number of carbonyl (C=O) groups excluding carboxylic acids is 1. The molecule has 0 amide bonds. The molecule has 4 heteroatoms. The second-order valence-electron chi connectivity index (χ2n) is 7.09. The van der Waals surface area contributed by atoms with Gasteiger partial charge in [-0.25, -0.2) is 0 Å². The molecule has 0 aromatic carbocycles. The summed E-state index contributed by atoms with van der Waals surface area (Å²) in [7, 11) is 0. The van der Waals surface area contributed by atoms with Crippen LogP contribution in [-0.4, -0.2) is 28.1 Å². The fourth-order valence-electron chi connectivity index (χ4n) is 3.16. The van der Waals surface area contributed by atoms with Crippen LogP contribution in [0.3, 0.4) is 0 Å². The molecule has 0 radical (unpaired) electrons. The van der Waals surface area contributed by atoms with Gasteiger partial charge in [0.05, 0.1) is 6.10 Å². The van der Waals surface area contributed by atoms with Crippen molar-refractivity contribution in [2.75, 3.05) is 0 Å². The third kappa shape index (κ3) is 9.71. The van der Waals surface area contributed by atoms with Gasteiger partial charge in [-0.05, 0) is 38.2 Å². The van der Waals surface area contributed by atoms with Gasteiger partial charge in [0.2, 0.25) is 0 Å². The summed E-state index contributed by atoms with van der Waals surface area (Å²) in [6, 6.07) is 0. The van der Waals surface area contributed by atoms with E-state index in [0.717, 1.165) is 51.4 Å². The molecule has 1 rings (SSSR count). The molecule has 0 saturated carbocycles. The molecule has 26 heavy (non-hydrogen) atoms. The lowest BCUT2D eigenvalue weighted by Gasteiger charge is -2.13. The van der Waals surface area contributed by atoms with Crippen molar-refractivity contribution in [3.05, 3.63) is 36.5 Å². The van der Waals surface area contributed by atoms with Crippen molar-refractivity contribution in [3.8, 4) is 0 Å². The van der Waals surface area contributed by atoms with E-state index in [1.54, 1.807) is 6.08 Å². The Morgan fingerprint density at radius 3 is 2.73 bits per heavy atom. The van der Waals surface area contributed by atoms with Gasteiger partial charge >= 0.3 is 5.97 Å². The van der Waals surface area contributed by atoms with Crippen LogP contribution in [0.25, 0.3) is 0 Å². The van der Waals surface area contributed by atoms with Crippen LogP contribution >= 0.6 is 0 Å². The highest BCUT2D eigenvalue weighted by Crippen LogP contribution is 2.27. The summed E-state index contributed by atoms with van der Waals surface area (Å²) < 4.78 is 0. The Kier molecular flexibility index (Phi) is 11.6. The van der Waals surface area contributed by atoms with E-state index < -0.39 is 12.1 Å². The summed E-state index contributed by atoms with van der Waals surface area (Å²) in [5.41, 5.74) is 0. The van der Waals surface area contributed by atoms with Crippen LogP contribution in [0.15, 0.2) is 36.5 Å². The maximum atomic E-state index is 12.0. The summed E-state index contributed by atoms with van der Waals surface area (Å²) in [5.74, 6) is -0.561. The van der Waals surface area contributed by atoms with Gasteiger partial charge in [0.15, 0.2) is 5.78 Å². The zero-order chi connectivity index (χ0) is 19.2. The first-order valence-corrected chi connectivity index (χ1v) is 9.99. The Hall–Kier alpha value is -1.68. The molecule has 2 N–H and O–H groups in total. The minimum atomic E-state index is -0.734. The molecule has 4 nitrogen and oxygen atoms in total. The molecule has 1 aliphatic carbocycles. The number of rotatable bonds is 14. The second kappa shape index (κ2) is 13.5. The normalized spacial score (nSPS) is 21.2. The van der Waals surface area contributed by atoms with Crippen LogP contribution in [0, 0.1) is 11.8 Å². The van der Waals surface area contributed by atoms with Crippen molar-refractivity contribution < 1.29 is 19.8 Å². The summed E-state index contributed by atoms with van der Waals surface area (Å²) in [5, 5.41) is 18.6. The quantitative estimate of drug-likeness (QED) is 0.343. The maximum absolute atomic E-state index is 12.0. The Morgan fingerprint density at radius 2 is 2.00 bits per heavy atom. The summed E-state index contributed by atoms with van der Waals surface area (Å²) in [6.07, 6.45) is 19.7. The molecule has 0 aromatic rings. The Balaban J connectivity index is 2.29. The summed E-state index contributed by atoms with van der Waals surface area (Å²) in [6.45, 7) is 2.14. The minimum Gasteiger partial charge on any atom is -0.481 e. The lowest BCUT2D eigenvalue weighted by Crippen LogP contribution is -2.14. The van der Waals surface area contributed by atoms with Gasteiger partial charge in [-0.2, -0.15) is 0 Å². The zero-order valence-electron chi connectivity index (χ0n) is 16.0. The highest BCUT2D eigenvalue weighted by atomic mass is 16.4. The molecule has 0 fully saturated rings. The molecular weight excluding hydrogens is 328 g/mol. The van der Waals surface area contributed by atoms with Crippen molar-refractivity contribution in [2.45, 2.75) is 77.2 Å². The molecule has 146 valence electrons. The van der Waals surface area contributed by atoms with Gasteiger partial charge in [0, 0.05) is 18.3 Å². The number of ketones is 1. The molecule has 3 unspecified atom stereocenters. The number of aliphatic carboxylic acids is 1. The molecule has 0 heterocycles. The molecule has 0 aromatic heterocycles. The van der Waals surface area contributed by atoms with Crippen molar-refractivity contribution >= 4 is 11.8 Å². The van der Waals surface area contributed by atoms with E-state index in [1.165, 1.54) is 0 Å². The number of aliphatic hydroxyl groups excluding tert-OH is 1. The van der Waals surface area contributed by atoms with Gasteiger partial charge in [0.1, 0.15) is 0 Å². The lowest BCUT2D eigenvalue weighted by atomic mass is 9.90. The standard InChI is InChI=1S/C22H34O4/c1-2-3-8-11-19(23)16-14-18-15-17-21(24)20(18)12-9-6-4-5-7-10-13-22(25)26/h6,9,14-20,23H,2-5,7-8,10-13H2,1H3,(H,25,26). The fraction of sp³-hybridized carbons (Fsp3) is 0.636. The largest absolute Gasteiger partial charge is 0.481 e. The number of carboxylic acids is 1. The van der Waals surface area contributed by atoms with Crippen LogP contribution in [0.1, 0.15) is 71.1 Å². The van der Waals surface area contributed by atoms with Crippen LogP contribution in [-0.2, 0) is 9.59 Å². The lowest BCUT2D eigenvalue weighted by molar-refractivity contribution is -0.137. The van der Waals surface area contributed by atoms with Gasteiger partial charge in [0.25, 0.3) is 0 Å². The SMILES string of the molecule is CCCCCC(O)C=CC1C=CC(=O)C1CC=CCCCCCC(=O)O. The van der Waals surface area contributed by atoms with Gasteiger partial charge < -0.3 is 10.2 Å². The van der Waals surface area contributed by atoms with E-state index in [9.17, 15) is 14.7 Å². The highest BCUT2D eigenvalue weighted by Gasteiger charge is 2.27. The molecular formula is C22H34O4. The smallest absolute Gasteiger partial charge is 0.303 e. The predicted octanol–water partition coefficient (Wildman–Crippen LogP) is 4.84. The van der Waals surface area contributed by atoms with E-state index in [1.807, 2.05) is 18.2 Å². The first-order valence-electron chi connectivity index (χ1n) is 9.99. The van der Waals surface area contributed by atoms with Crippen LogP contribution in [0.2, 0.25) is 0 Å². The zero-order valence-corrected chi connectivity index (χ0v) is 16.0. The average Bonchev–Trinajstić information content (AvgIpc) is 2.95.